The lowest BCUT2D eigenvalue weighted by molar-refractivity contribution is -0.143. The van der Waals surface area contributed by atoms with Gasteiger partial charge in [-0.3, -0.25) is 14.9 Å². The average molecular weight is 479 g/mol. The third-order valence-electron chi connectivity index (χ3n) is 5.60. The fourth-order valence-electron chi connectivity index (χ4n) is 3.76. The van der Waals surface area contributed by atoms with Gasteiger partial charge in [-0.1, -0.05) is 18.2 Å². The number of pyridine rings is 1. The van der Waals surface area contributed by atoms with E-state index in [1.165, 1.54) is 31.5 Å². The monoisotopic (exact) mass is 478 g/mol. The van der Waals surface area contributed by atoms with Gasteiger partial charge < -0.3 is 14.5 Å². The summed E-state index contributed by atoms with van der Waals surface area (Å²) >= 11 is 1.71. The van der Waals surface area contributed by atoms with E-state index in [0.29, 0.717) is 12.4 Å². The molecule has 0 spiro atoms. The summed E-state index contributed by atoms with van der Waals surface area (Å²) in [4.78, 5) is 45.2. The van der Waals surface area contributed by atoms with Crippen LogP contribution >= 0.6 is 11.3 Å². The standard InChI is InChI=1S/C25H26N4O4S/c1-4-33-23(31)15-29-13-18-11-17(12-26-24(18)27-25(29)32)9-10-22(30)28(3)14-21-16(2)19-7-5-6-8-20(19)34-21/h5-12H,4,13-15H2,1-3H3,(H,26,27,32). The van der Waals surface area contributed by atoms with Gasteiger partial charge in [-0.05, 0) is 48.6 Å². The number of benzene rings is 1. The van der Waals surface area contributed by atoms with Crippen molar-refractivity contribution in [3.63, 3.8) is 0 Å². The summed E-state index contributed by atoms with van der Waals surface area (Å²) in [6, 6.07) is 9.69. The second-order valence-corrected chi connectivity index (χ2v) is 9.18. The van der Waals surface area contributed by atoms with Gasteiger partial charge >= 0.3 is 12.0 Å². The fraction of sp³-hybridized carbons (Fsp3) is 0.280. The Bertz CT molecular complexity index is 1280. The van der Waals surface area contributed by atoms with Gasteiger partial charge in [0.25, 0.3) is 0 Å². The van der Waals surface area contributed by atoms with Crippen LogP contribution in [-0.4, -0.2) is 52.9 Å². The zero-order chi connectivity index (χ0) is 24.2. The van der Waals surface area contributed by atoms with E-state index in [0.717, 1.165) is 11.1 Å². The molecule has 8 nitrogen and oxygen atoms in total. The Balaban J connectivity index is 1.42. The predicted octanol–water partition coefficient (Wildman–Crippen LogP) is 4.19. The van der Waals surface area contributed by atoms with Crippen molar-refractivity contribution in [3.8, 4) is 0 Å². The number of rotatable bonds is 7. The number of anilines is 1. The van der Waals surface area contributed by atoms with Gasteiger partial charge in [0.2, 0.25) is 5.91 Å². The number of hydrogen-bond donors (Lipinski definition) is 1. The van der Waals surface area contributed by atoms with Crippen molar-refractivity contribution in [1.29, 1.82) is 0 Å². The van der Waals surface area contributed by atoms with Gasteiger partial charge in [-0.2, -0.15) is 0 Å². The lowest BCUT2D eigenvalue weighted by Crippen LogP contribution is -2.42. The Hall–Kier alpha value is -3.72. The molecule has 9 heteroatoms. The van der Waals surface area contributed by atoms with E-state index in [4.69, 9.17) is 4.74 Å². The number of carbonyl (C=O) groups is 3. The van der Waals surface area contributed by atoms with Crippen molar-refractivity contribution in [3.05, 3.63) is 64.2 Å². The lowest BCUT2D eigenvalue weighted by atomic mass is 10.1. The first-order valence-corrected chi connectivity index (χ1v) is 11.8. The number of nitrogens with zero attached hydrogens (tertiary/aromatic N) is 3. The van der Waals surface area contributed by atoms with Crippen LogP contribution in [0, 0.1) is 6.92 Å². The molecule has 0 fully saturated rings. The number of hydrogen-bond acceptors (Lipinski definition) is 6. The quantitative estimate of drug-likeness (QED) is 0.406. The number of carbonyl (C=O) groups excluding carboxylic acids is 3. The normalized spacial score (nSPS) is 13.1. The Morgan fingerprint density at radius 1 is 1.32 bits per heavy atom. The van der Waals surface area contributed by atoms with Gasteiger partial charge in [0.1, 0.15) is 12.4 Å². The van der Waals surface area contributed by atoms with Gasteiger partial charge in [0.15, 0.2) is 0 Å². The molecule has 1 aromatic carbocycles. The number of esters is 1. The number of aromatic nitrogens is 1. The number of amides is 3. The minimum absolute atomic E-state index is 0.119. The number of thiophene rings is 1. The molecule has 3 aromatic rings. The zero-order valence-electron chi connectivity index (χ0n) is 19.3. The van der Waals surface area contributed by atoms with Crippen LogP contribution in [0.3, 0.4) is 0 Å². The molecule has 1 N–H and O–H groups in total. The number of fused-ring (bicyclic) bond motifs is 2. The summed E-state index contributed by atoms with van der Waals surface area (Å²) in [6.45, 7) is 4.69. The first kappa shape index (κ1) is 23.4. The van der Waals surface area contributed by atoms with E-state index in [-0.39, 0.29) is 25.6 Å². The summed E-state index contributed by atoms with van der Waals surface area (Å²) in [5, 5.41) is 3.91. The summed E-state index contributed by atoms with van der Waals surface area (Å²) < 4.78 is 6.15. The maximum absolute atomic E-state index is 12.7. The molecular weight excluding hydrogens is 452 g/mol. The van der Waals surface area contributed by atoms with Gasteiger partial charge in [0, 0.05) is 34.5 Å². The molecular formula is C25H26N4O4S. The maximum atomic E-state index is 12.7. The van der Waals surface area contributed by atoms with Crippen molar-refractivity contribution < 1.29 is 19.1 Å². The van der Waals surface area contributed by atoms with Crippen LogP contribution in [0.25, 0.3) is 16.2 Å². The van der Waals surface area contributed by atoms with Crippen LogP contribution in [0.5, 0.6) is 0 Å². The number of aryl methyl sites for hydroxylation is 1. The second kappa shape index (κ2) is 10.0. The topological polar surface area (TPSA) is 91.8 Å². The third kappa shape index (κ3) is 5.09. The number of urea groups is 1. The van der Waals surface area contributed by atoms with E-state index >= 15 is 0 Å². The molecule has 0 atom stereocenters. The Morgan fingerprint density at radius 2 is 2.12 bits per heavy atom. The largest absolute Gasteiger partial charge is 0.465 e. The molecule has 0 aliphatic carbocycles. The molecule has 1 aliphatic rings. The summed E-state index contributed by atoms with van der Waals surface area (Å²) in [5.74, 6) is -0.134. The van der Waals surface area contributed by atoms with Crippen molar-refractivity contribution in [2.24, 2.45) is 0 Å². The summed E-state index contributed by atoms with van der Waals surface area (Å²) in [7, 11) is 1.78. The molecule has 2 aromatic heterocycles. The lowest BCUT2D eigenvalue weighted by Gasteiger charge is -2.27. The highest BCUT2D eigenvalue weighted by Crippen LogP contribution is 2.31. The van der Waals surface area contributed by atoms with Crippen molar-refractivity contribution in [2.45, 2.75) is 26.9 Å². The SMILES string of the molecule is CCOC(=O)CN1Cc2cc(C=CC(=O)N(C)Cc3sc4ccccc4c3C)cnc2NC1=O. The highest BCUT2D eigenvalue weighted by Gasteiger charge is 2.25. The Labute approximate surface area is 201 Å². The summed E-state index contributed by atoms with van der Waals surface area (Å²) in [6.07, 6.45) is 4.82. The highest BCUT2D eigenvalue weighted by atomic mass is 32.1. The third-order valence-corrected chi connectivity index (χ3v) is 6.86. The number of likely N-dealkylation sites (N-methyl/N-ethyl adjacent to an activating group) is 1. The minimum Gasteiger partial charge on any atom is -0.465 e. The van der Waals surface area contributed by atoms with Gasteiger partial charge in [-0.15, -0.1) is 11.3 Å². The van der Waals surface area contributed by atoms with E-state index in [2.05, 4.69) is 29.4 Å². The summed E-state index contributed by atoms with van der Waals surface area (Å²) in [5.41, 5.74) is 2.69. The Kier molecular flexibility index (Phi) is 6.93. The van der Waals surface area contributed by atoms with E-state index in [1.807, 2.05) is 18.2 Å². The smallest absolute Gasteiger partial charge is 0.325 e. The van der Waals surface area contributed by atoms with Crippen molar-refractivity contribution in [2.75, 3.05) is 25.5 Å². The van der Waals surface area contributed by atoms with Crippen LogP contribution in [0.1, 0.15) is 28.5 Å². The van der Waals surface area contributed by atoms with Crippen LogP contribution in [0.15, 0.2) is 42.6 Å². The number of ether oxygens (including phenoxy) is 1. The number of nitrogens with one attached hydrogen (secondary N) is 1. The average Bonchev–Trinajstić information content (AvgIpc) is 3.13. The first-order valence-electron chi connectivity index (χ1n) is 11.0. The molecule has 0 radical (unpaired) electrons. The Morgan fingerprint density at radius 3 is 2.88 bits per heavy atom. The zero-order valence-corrected chi connectivity index (χ0v) is 20.1. The van der Waals surface area contributed by atoms with Crippen LogP contribution < -0.4 is 5.32 Å². The molecule has 34 heavy (non-hydrogen) atoms. The second-order valence-electron chi connectivity index (χ2n) is 8.04. The first-order chi connectivity index (χ1) is 16.4. The van der Waals surface area contributed by atoms with Crippen LogP contribution in [-0.2, 0) is 27.4 Å². The van der Waals surface area contributed by atoms with E-state index in [1.54, 1.807) is 42.5 Å². The predicted molar refractivity (Wildman–Crippen MR) is 132 cm³/mol. The molecule has 3 amide bonds. The maximum Gasteiger partial charge on any atom is 0.325 e. The van der Waals surface area contributed by atoms with Crippen LogP contribution in [0.2, 0.25) is 0 Å². The highest BCUT2D eigenvalue weighted by molar-refractivity contribution is 7.19. The molecule has 4 rings (SSSR count). The fourth-order valence-corrected chi connectivity index (χ4v) is 5.03. The molecule has 176 valence electrons. The molecule has 1 aliphatic heterocycles. The molecule has 0 unspecified atom stereocenters. The van der Waals surface area contributed by atoms with Gasteiger partial charge in [-0.25, -0.2) is 9.78 Å². The molecule has 3 heterocycles. The van der Waals surface area contributed by atoms with E-state index < -0.39 is 12.0 Å². The van der Waals surface area contributed by atoms with Crippen molar-refractivity contribution in [1.82, 2.24) is 14.8 Å². The molecule has 0 saturated carbocycles. The van der Waals surface area contributed by atoms with Crippen molar-refractivity contribution >= 4 is 51.2 Å². The van der Waals surface area contributed by atoms with Gasteiger partial charge in [0.05, 0.1) is 19.7 Å². The van der Waals surface area contributed by atoms with Crippen LogP contribution in [0.4, 0.5) is 10.6 Å². The minimum atomic E-state index is -0.465. The van der Waals surface area contributed by atoms with E-state index in [9.17, 15) is 14.4 Å². The molecule has 0 saturated heterocycles. The molecule has 0 bridgehead atoms.